The molecule has 0 aromatic carbocycles. The lowest BCUT2D eigenvalue weighted by atomic mass is 10.4. The summed E-state index contributed by atoms with van der Waals surface area (Å²) in [4.78, 5) is 6.24. The molecular formula is C12H13BrN6O. The van der Waals surface area contributed by atoms with E-state index < -0.39 is 0 Å². The van der Waals surface area contributed by atoms with Crippen LogP contribution in [0.25, 0.3) is 5.65 Å². The maximum atomic E-state index is 4.96. The molecule has 0 radical (unpaired) electrons. The third kappa shape index (κ3) is 2.56. The van der Waals surface area contributed by atoms with Gasteiger partial charge in [-0.3, -0.25) is 9.30 Å². The topological polar surface area (TPSA) is 72.4 Å². The summed E-state index contributed by atoms with van der Waals surface area (Å²) < 4.78 is 7.85. The highest BCUT2D eigenvalue weighted by atomic mass is 79.9. The van der Waals surface area contributed by atoms with Crippen LogP contribution in [0, 0.1) is 6.92 Å². The van der Waals surface area contributed by atoms with Crippen molar-refractivity contribution in [3.05, 3.63) is 40.3 Å². The Morgan fingerprint density at radius 2 is 2.20 bits per heavy atom. The van der Waals surface area contributed by atoms with Crippen molar-refractivity contribution < 1.29 is 4.52 Å². The number of pyridine rings is 1. The summed E-state index contributed by atoms with van der Waals surface area (Å²) in [6.07, 6.45) is 1.95. The van der Waals surface area contributed by atoms with Crippen molar-refractivity contribution in [1.82, 2.24) is 29.6 Å². The minimum absolute atomic E-state index is 0.574. The SMILES string of the molecule is Cc1nc(CN(C)Cc2nnc3c(Br)cccn23)no1. The van der Waals surface area contributed by atoms with E-state index in [0.717, 1.165) is 15.9 Å². The van der Waals surface area contributed by atoms with Crippen molar-refractivity contribution in [3.63, 3.8) is 0 Å². The van der Waals surface area contributed by atoms with Gasteiger partial charge in [0.2, 0.25) is 5.89 Å². The fourth-order valence-corrected chi connectivity index (χ4v) is 2.41. The highest BCUT2D eigenvalue weighted by Crippen LogP contribution is 2.16. The van der Waals surface area contributed by atoms with Crippen molar-refractivity contribution in [2.45, 2.75) is 20.0 Å². The number of hydrogen-bond acceptors (Lipinski definition) is 6. The molecule has 0 aliphatic rings. The fraction of sp³-hybridized carbons (Fsp3) is 0.333. The van der Waals surface area contributed by atoms with Crippen LogP contribution in [-0.2, 0) is 13.1 Å². The smallest absolute Gasteiger partial charge is 0.223 e. The van der Waals surface area contributed by atoms with E-state index in [9.17, 15) is 0 Å². The van der Waals surface area contributed by atoms with Gasteiger partial charge < -0.3 is 4.52 Å². The van der Waals surface area contributed by atoms with Crippen LogP contribution < -0.4 is 0 Å². The van der Waals surface area contributed by atoms with Gasteiger partial charge in [0, 0.05) is 13.1 Å². The normalized spacial score (nSPS) is 11.6. The molecule has 7 nitrogen and oxygen atoms in total. The van der Waals surface area contributed by atoms with Gasteiger partial charge in [-0.15, -0.1) is 10.2 Å². The van der Waals surface area contributed by atoms with Crippen molar-refractivity contribution >= 4 is 21.6 Å². The minimum Gasteiger partial charge on any atom is -0.340 e. The molecule has 0 atom stereocenters. The zero-order chi connectivity index (χ0) is 14.1. The molecule has 3 heterocycles. The Labute approximate surface area is 123 Å². The van der Waals surface area contributed by atoms with E-state index in [0.29, 0.717) is 24.8 Å². The summed E-state index contributed by atoms with van der Waals surface area (Å²) in [7, 11) is 1.98. The predicted octanol–water partition coefficient (Wildman–Crippen LogP) is 1.82. The Morgan fingerprint density at radius 3 is 2.95 bits per heavy atom. The van der Waals surface area contributed by atoms with Crippen LogP contribution in [0.15, 0.2) is 27.3 Å². The summed E-state index contributed by atoms with van der Waals surface area (Å²) in [5.74, 6) is 2.11. The first-order chi connectivity index (χ1) is 9.63. The lowest BCUT2D eigenvalue weighted by molar-refractivity contribution is 0.292. The predicted molar refractivity (Wildman–Crippen MR) is 74.9 cm³/mol. The molecule has 3 rings (SSSR count). The van der Waals surface area contributed by atoms with E-state index in [1.54, 1.807) is 6.92 Å². The van der Waals surface area contributed by atoms with Gasteiger partial charge in [-0.05, 0) is 35.1 Å². The summed E-state index contributed by atoms with van der Waals surface area (Å²) >= 11 is 3.46. The van der Waals surface area contributed by atoms with E-state index >= 15 is 0 Å². The zero-order valence-corrected chi connectivity index (χ0v) is 12.7. The van der Waals surface area contributed by atoms with Gasteiger partial charge in [0.05, 0.1) is 17.6 Å². The van der Waals surface area contributed by atoms with Crippen LogP contribution in [0.2, 0.25) is 0 Å². The Hall–Kier alpha value is -1.80. The molecule has 8 heteroatoms. The number of hydrogen-bond donors (Lipinski definition) is 0. The van der Waals surface area contributed by atoms with Crippen LogP contribution in [-0.4, -0.2) is 36.7 Å². The van der Waals surface area contributed by atoms with Crippen LogP contribution in [0.4, 0.5) is 0 Å². The van der Waals surface area contributed by atoms with E-state index in [4.69, 9.17) is 4.52 Å². The van der Waals surface area contributed by atoms with Crippen molar-refractivity contribution in [2.75, 3.05) is 7.05 Å². The molecular weight excluding hydrogens is 324 g/mol. The average molecular weight is 337 g/mol. The summed E-state index contributed by atoms with van der Waals surface area (Å²) in [6.45, 7) is 3.02. The first kappa shape index (κ1) is 13.2. The van der Waals surface area contributed by atoms with Gasteiger partial charge in [0.25, 0.3) is 0 Å². The standard InChI is InChI=1S/C12H13BrN6O/c1-8-14-10(17-20-8)6-18(2)7-11-15-16-12-9(13)4-3-5-19(11)12/h3-5H,6-7H2,1-2H3. The lowest BCUT2D eigenvalue weighted by Gasteiger charge is -2.12. The Morgan fingerprint density at radius 1 is 1.35 bits per heavy atom. The van der Waals surface area contributed by atoms with Gasteiger partial charge in [0.15, 0.2) is 17.3 Å². The van der Waals surface area contributed by atoms with E-state index in [1.165, 1.54) is 0 Å². The van der Waals surface area contributed by atoms with Crippen LogP contribution in [0.1, 0.15) is 17.5 Å². The quantitative estimate of drug-likeness (QED) is 0.723. The van der Waals surface area contributed by atoms with E-state index in [2.05, 4.69) is 41.2 Å². The first-order valence-corrected chi connectivity index (χ1v) is 6.88. The molecule has 0 amide bonds. The third-order valence-electron chi connectivity index (χ3n) is 2.85. The van der Waals surface area contributed by atoms with Gasteiger partial charge >= 0.3 is 0 Å². The van der Waals surface area contributed by atoms with E-state index in [-0.39, 0.29) is 0 Å². The van der Waals surface area contributed by atoms with E-state index in [1.807, 2.05) is 29.8 Å². The third-order valence-corrected chi connectivity index (χ3v) is 3.47. The number of halogens is 1. The molecule has 0 N–H and O–H groups in total. The van der Waals surface area contributed by atoms with Gasteiger partial charge in [-0.2, -0.15) is 4.98 Å². The highest BCUT2D eigenvalue weighted by Gasteiger charge is 2.12. The molecule has 0 bridgehead atoms. The summed E-state index contributed by atoms with van der Waals surface area (Å²) in [5, 5.41) is 12.3. The van der Waals surface area contributed by atoms with Crippen LogP contribution >= 0.6 is 15.9 Å². The number of aromatic nitrogens is 5. The first-order valence-electron chi connectivity index (χ1n) is 6.09. The maximum absolute atomic E-state index is 4.96. The summed E-state index contributed by atoms with van der Waals surface area (Å²) in [6, 6.07) is 3.89. The molecule has 0 unspecified atom stereocenters. The fourth-order valence-electron chi connectivity index (χ4n) is 1.98. The highest BCUT2D eigenvalue weighted by molar-refractivity contribution is 9.10. The largest absolute Gasteiger partial charge is 0.340 e. The Balaban J connectivity index is 1.77. The maximum Gasteiger partial charge on any atom is 0.223 e. The molecule has 3 aromatic rings. The molecule has 104 valence electrons. The average Bonchev–Trinajstić information content (AvgIpc) is 2.98. The molecule has 0 fully saturated rings. The van der Waals surface area contributed by atoms with Crippen molar-refractivity contribution in [1.29, 1.82) is 0 Å². The molecule has 0 saturated carbocycles. The van der Waals surface area contributed by atoms with Crippen LogP contribution in [0.3, 0.4) is 0 Å². The van der Waals surface area contributed by atoms with Gasteiger partial charge in [0.1, 0.15) is 0 Å². The molecule has 0 aliphatic carbocycles. The monoisotopic (exact) mass is 336 g/mol. The number of nitrogens with zero attached hydrogens (tertiary/aromatic N) is 6. The molecule has 0 spiro atoms. The van der Waals surface area contributed by atoms with Gasteiger partial charge in [-0.1, -0.05) is 5.16 Å². The van der Waals surface area contributed by atoms with Gasteiger partial charge in [-0.25, -0.2) is 0 Å². The van der Waals surface area contributed by atoms with Crippen molar-refractivity contribution in [3.8, 4) is 0 Å². The number of fused-ring (bicyclic) bond motifs is 1. The molecule has 0 aliphatic heterocycles. The lowest BCUT2D eigenvalue weighted by Crippen LogP contribution is -2.19. The minimum atomic E-state index is 0.574. The second-order valence-corrected chi connectivity index (χ2v) is 5.42. The molecule has 20 heavy (non-hydrogen) atoms. The zero-order valence-electron chi connectivity index (χ0n) is 11.1. The number of aryl methyl sites for hydroxylation is 1. The second-order valence-electron chi connectivity index (χ2n) is 4.57. The Bertz CT molecular complexity index is 736. The summed E-state index contributed by atoms with van der Waals surface area (Å²) in [5.41, 5.74) is 0.811. The van der Waals surface area contributed by atoms with Crippen LogP contribution in [0.5, 0.6) is 0 Å². The molecule has 0 saturated heterocycles. The second kappa shape index (κ2) is 5.29. The van der Waals surface area contributed by atoms with Crippen molar-refractivity contribution in [2.24, 2.45) is 0 Å². The number of rotatable bonds is 4. The molecule has 3 aromatic heterocycles. The Kier molecular flexibility index (Phi) is 3.49.